The fourth-order valence-electron chi connectivity index (χ4n) is 2.22. The van der Waals surface area contributed by atoms with Crippen molar-refractivity contribution in [2.45, 2.75) is 33.1 Å². The van der Waals surface area contributed by atoms with E-state index >= 15 is 0 Å². The minimum Gasteiger partial charge on any atom is -0.396 e. The third-order valence-corrected chi connectivity index (χ3v) is 3.19. The van der Waals surface area contributed by atoms with Crippen molar-refractivity contribution in [2.75, 3.05) is 6.61 Å². The van der Waals surface area contributed by atoms with E-state index in [1.807, 2.05) is 6.92 Å². The number of carbonyl (C=O) groups excluding carboxylic acids is 1. The van der Waals surface area contributed by atoms with E-state index in [1.165, 1.54) is 0 Å². The summed E-state index contributed by atoms with van der Waals surface area (Å²) in [6.07, 6.45) is 2.62. The predicted octanol–water partition coefficient (Wildman–Crippen LogP) is 1.62. The van der Waals surface area contributed by atoms with Gasteiger partial charge in [-0.25, -0.2) is 0 Å². The lowest BCUT2D eigenvalue weighted by Gasteiger charge is -2.21. The van der Waals surface area contributed by atoms with Crippen molar-refractivity contribution >= 4 is 5.78 Å². The van der Waals surface area contributed by atoms with Gasteiger partial charge in [-0.3, -0.25) is 4.79 Å². The van der Waals surface area contributed by atoms with Crippen molar-refractivity contribution in [3.05, 3.63) is 0 Å². The van der Waals surface area contributed by atoms with Crippen LogP contribution in [0.2, 0.25) is 0 Å². The Morgan fingerprint density at radius 3 is 2.75 bits per heavy atom. The highest BCUT2D eigenvalue weighted by Gasteiger charge is 2.33. The average Bonchev–Trinajstić information content (AvgIpc) is 2.34. The van der Waals surface area contributed by atoms with Gasteiger partial charge < -0.3 is 5.11 Å². The van der Waals surface area contributed by atoms with Gasteiger partial charge in [0.1, 0.15) is 5.78 Å². The maximum atomic E-state index is 11.2. The zero-order chi connectivity index (χ0) is 9.14. The molecule has 1 aliphatic rings. The van der Waals surface area contributed by atoms with Crippen LogP contribution in [0.5, 0.6) is 0 Å². The molecule has 0 aromatic carbocycles. The van der Waals surface area contributed by atoms with E-state index in [4.69, 9.17) is 5.11 Å². The first-order chi connectivity index (χ1) is 5.66. The molecule has 0 radical (unpaired) electrons. The van der Waals surface area contributed by atoms with E-state index in [2.05, 4.69) is 6.92 Å². The molecule has 1 rings (SSSR count). The molecule has 12 heavy (non-hydrogen) atoms. The number of carbonyl (C=O) groups is 1. The molecule has 0 bridgehead atoms. The molecule has 2 nitrogen and oxygen atoms in total. The molecular weight excluding hydrogens is 152 g/mol. The number of Topliss-reactive ketones (excluding diaryl/α,β-unsaturated/α-hetero) is 1. The minimum absolute atomic E-state index is 0.228. The van der Waals surface area contributed by atoms with Gasteiger partial charge in [-0.05, 0) is 24.7 Å². The zero-order valence-corrected chi connectivity index (χ0v) is 7.92. The summed E-state index contributed by atoms with van der Waals surface area (Å²) in [6, 6.07) is 0. The summed E-state index contributed by atoms with van der Waals surface area (Å²) in [7, 11) is 0. The number of aliphatic hydroxyl groups excluding tert-OH is 1. The van der Waals surface area contributed by atoms with E-state index in [0.717, 1.165) is 19.3 Å². The standard InChI is InChI=1S/C10H18O2/c1-7(5-6-11)9-3-4-10(12)8(9)2/h7-9,11H,3-6H2,1-2H3/t7-,8-,9-/m1/s1. The molecule has 0 aromatic heterocycles. The van der Waals surface area contributed by atoms with Crippen LogP contribution in [0.4, 0.5) is 0 Å². The Morgan fingerprint density at radius 1 is 1.67 bits per heavy atom. The number of ketones is 1. The van der Waals surface area contributed by atoms with Crippen LogP contribution < -0.4 is 0 Å². The molecule has 0 saturated heterocycles. The second-order valence-corrected chi connectivity index (χ2v) is 3.95. The molecule has 1 fully saturated rings. The molecular formula is C10H18O2. The molecule has 0 aliphatic heterocycles. The van der Waals surface area contributed by atoms with Crippen LogP contribution in [0.15, 0.2) is 0 Å². The van der Waals surface area contributed by atoms with Gasteiger partial charge in [-0.15, -0.1) is 0 Å². The summed E-state index contributed by atoms with van der Waals surface area (Å²) in [6.45, 7) is 4.41. The third kappa shape index (κ3) is 1.86. The van der Waals surface area contributed by atoms with Crippen LogP contribution in [-0.2, 0) is 4.79 Å². The highest BCUT2D eigenvalue weighted by molar-refractivity contribution is 5.83. The summed E-state index contributed by atoms with van der Waals surface area (Å²) in [4.78, 5) is 11.2. The van der Waals surface area contributed by atoms with Crippen LogP contribution in [0.3, 0.4) is 0 Å². The normalized spacial score (nSPS) is 32.4. The van der Waals surface area contributed by atoms with Crippen LogP contribution in [-0.4, -0.2) is 17.5 Å². The number of hydrogen-bond donors (Lipinski definition) is 1. The molecule has 0 amide bonds. The maximum absolute atomic E-state index is 11.2. The maximum Gasteiger partial charge on any atom is 0.135 e. The molecule has 0 aromatic rings. The molecule has 1 saturated carbocycles. The van der Waals surface area contributed by atoms with Gasteiger partial charge in [0, 0.05) is 18.9 Å². The monoisotopic (exact) mass is 170 g/mol. The lowest BCUT2D eigenvalue weighted by molar-refractivity contribution is -0.121. The fourth-order valence-corrected chi connectivity index (χ4v) is 2.22. The third-order valence-electron chi connectivity index (χ3n) is 3.19. The first-order valence-electron chi connectivity index (χ1n) is 4.80. The fraction of sp³-hybridized carbons (Fsp3) is 0.900. The first-order valence-corrected chi connectivity index (χ1v) is 4.80. The summed E-state index contributed by atoms with van der Waals surface area (Å²) in [5, 5.41) is 8.76. The van der Waals surface area contributed by atoms with Crippen molar-refractivity contribution < 1.29 is 9.90 Å². The number of rotatable bonds is 3. The molecule has 3 atom stereocenters. The Balaban J connectivity index is 2.47. The lowest BCUT2D eigenvalue weighted by atomic mass is 9.84. The average molecular weight is 170 g/mol. The minimum atomic E-state index is 0.228. The van der Waals surface area contributed by atoms with Gasteiger partial charge in [0.25, 0.3) is 0 Å². The van der Waals surface area contributed by atoms with Crippen molar-refractivity contribution in [3.8, 4) is 0 Å². The first kappa shape index (κ1) is 9.72. The molecule has 0 heterocycles. The van der Waals surface area contributed by atoms with Gasteiger partial charge in [0.2, 0.25) is 0 Å². The van der Waals surface area contributed by atoms with E-state index in [0.29, 0.717) is 17.6 Å². The van der Waals surface area contributed by atoms with Crippen molar-refractivity contribution in [1.82, 2.24) is 0 Å². The molecule has 0 unspecified atom stereocenters. The second kappa shape index (κ2) is 4.04. The number of hydrogen-bond acceptors (Lipinski definition) is 2. The largest absolute Gasteiger partial charge is 0.396 e. The van der Waals surface area contributed by atoms with Crippen LogP contribution in [0.25, 0.3) is 0 Å². The smallest absolute Gasteiger partial charge is 0.135 e. The molecule has 0 spiro atoms. The zero-order valence-electron chi connectivity index (χ0n) is 7.92. The predicted molar refractivity (Wildman–Crippen MR) is 47.8 cm³/mol. The lowest BCUT2D eigenvalue weighted by Crippen LogP contribution is -2.18. The van der Waals surface area contributed by atoms with Crippen molar-refractivity contribution in [2.24, 2.45) is 17.8 Å². The summed E-state index contributed by atoms with van der Waals surface area (Å²) >= 11 is 0. The SMILES string of the molecule is C[C@H](CCO)[C@H]1CCC(=O)[C@@H]1C. The van der Waals surface area contributed by atoms with E-state index in [-0.39, 0.29) is 12.5 Å². The van der Waals surface area contributed by atoms with Crippen LogP contribution in [0.1, 0.15) is 33.1 Å². The highest BCUT2D eigenvalue weighted by atomic mass is 16.3. The molecule has 70 valence electrons. The van der Waals surface area contributed by atoms with Crippen molar-refractivity contribution in [1.29, 1.82) is 0 Å². The Morgan fingerprint density at radius 2 is 2.33 bits per heavy atom. The Labute approximate surface area is 74.0 Å². The van der Waals surface area contributed by atoms with Gasteiger partial charge in [0.15, 0.2) is 0 Å². The molecule has 1 aliphatic carbocycles. The van der Waals surface area contributed by atoms with Gasteiger partial charge in [-0.1, -0.05) is 13.8 Å². The Bertz CT molecular complexity index is 165. The van der Waals surface area contributed by atoms with Gasteiger partial charge in [0.05, 0.1) is 0 Å². The van der Waals surface area contributed by atoms with E-state index < -0.39 is 0 Å². The Kier molecular flexibility index (Phi) is 3.27. The summed E-state index contributed by atoms with van der Waals surface area (Å²) in [5.74, 6) is 1.65. The van der Waals surface area contributed by atoms with E-state index in [1.54, 1.807) is 0 Å². The quantitative estimate of drug-likeness (QED) is 0.698. The van der Waals surface area contributed by atoms with Crippen LogP contribution >= 0.6 is 0 Å². The topological polar surface area (TPSA) is 37.3 Å². The second-order valence-electron chi connectivity index (χ2n) is 3.95. The van der Waals surface area contributed by atoms with Crippen LogP contribution in [0, 0.1) is 17.8 Å². The molecule has 2 heteroatoms. The van der Waals surface area contributed by atoms with Gasteiger partial charge >= 0.3 is 0 Å². The summed E-state index contributed by atoms with van der Waals surface area (Å²) < 4.78 is 0. The number of aliphatic hydroxyl groups is 1. The Hall–Kier alpha value is -0.370. The molecule has 1 N–H and O–H groups in total. The highest BCUT2D eigenvalue weighted by Crippen LogP contribution is 2.35. The van der Waals surface area contributed by atoms with E-state index in [9.17, 15) is 4.79 Å². The van der Waals surface area contributed by atoms with Crippen molar-refractivity contribution in [3.63, 3.8) is 0 Å². The summed E-state index contributed by atoms with van der Waals surface area (Å²) in [5.41, 5.74) is 0. The van der Waals surface area contributed by atoms with Gasteiger partial charge in [-0.2, -0.15) is 0 Å².